The monoisotopic (exact) mass is 367 g/mol. The highest BCUT2D eigenvalue weighted by atomic mass is 16.5. The highest BCUT2D eigenvalue weighted by molar-refractivity contribution is 5.85. The maximum absolute atomic E-state index is 13.6. The van der Waals surface area contributed by atoms with Crippen molar-refractivity contribution in [1.29, 1.82) is 0 Å². The Morgan fingerprint density at radius 2 is 1.67 bits per heavy atom. The molecule has 2 aliphatic rings. The highest BCUT2D eigenvalue weighted by Gasteiger charge is 2.43. The van der Waals surface area contributed by atoms with Gasteiger partial charge in [0.2, 0.25) is 5.91 Å². The van der Waals surface area contributed by atoms with Gasteiger partial charge in [-0.15, -0.1) is 0 Å². The summed E-state index contributed by atoms with van der Waals surface area (Å²) in [6.07, 6.45) is 9.54. The number of aromatic nitrogens is 1. The van der Waals surface area contributed by atoms with Crippen molar-refractivity contribution in [2.75, 3.05) is 38.2 Å². The zero-order valence-electron chi connectivity index (χ0n) is 16.1. The van der Waals surface area contributed by atoms with E-state index in [9.17, 15) is 4.79 Å². The smallest absolute Gasteiger partial charge is 0.248 e. The molecule has 1 aliphatic carbocycles. The van der Waals surface area contributed by atoms with E-state index in [-0.39, 0.29) is 5.54 Å². The number of rotatable bonds is 4. The van der Waals surface area contributed by atoms with Crippen LogP contribution in [-0.4, -0.2) is 48.7 Å². The second-order valence-electron chi connectivity index (χ2n) is 7.66. The fourth-order valence-electron chi connectivity index (χ4n) is 4.61. The number of methoxy groups -OCH3 is 1. The van der Waals surface area contributed by atoms with Crippen LogP contribution in [0.1, 0.15) is 32.1 Å². The maximum atomic E-state index is 13.6. The number of amides is 1. The Balaban J connectivity index is 1.47. The summed E-state index contributed by atoms with van der Waals surface area (Å²) in [4.78, 5) is 18.0. The average molecular weight is 367 g/mol. The lowest BCUT2D eigenvalue weighted by atomic mass is 9.80. The van der Waals surface area contributed by atoms with Crippen LogP contribution in [0.3, 0.4) is 0 Å². The molecule has 0 N–H and O–H groups in total. The Hall–Kier alpha value is -2.43. The van der Waals surface area contributed by atoms with E-state index in [1.165, 1.54) is 12.1 Å². The van der Waals surface area contributed by atoms with Gasteiger partial charge >= 0.3 is 0 Å². The van der Waals surface area contributed by atoms with Gasteiger partial charge in [0, 0.05) is 50.3 Å². The van der Waals surface area contributed by atoms with Crippen molar-refractivity contribution in [2.45, 2.75) is 37.6 Å². The van der Waals surface area contributed by atoms with Crippen molar-refractivity contribution in [3.8, 4) is 5.75 Å². The van der Waals surface area contributed by atoms with E-state index in [2.05, 4.69) is 38.9 Å². The largest absolute Gasteiger partial charge is 0.497 e. The number of ether oxygens (including phenoxy) is 1. The number of carbonyl (C=O) groups excluding carboxylic acids is 1. The lowest BCUT2D eigenvalue weighted by molar-refractivity contribution is -0.143. The molecule has 2 aromatic rings. The molecule has 2 fully saturated rings. The molecular formula is C22H29N3O2. The van der Waals surface area contributed by atoms with Crippen LogP contribution in [0.15, 0.2) is 48.8 Å². The van der Waals surface area contributed by atoms with Crippen LogP contribution < -0.4 is 9.64 Å². The molecule has 0 bridgehead atoms. The van der Waals surface area contributed by atoms with Gasteiger partial charge in [-0.2, -0.15) is 0 Å². The Morgan fingerprint density at radius 3 is 2.33 bits per heavy atom. The van der Waals surface area contributed by atoms with Crippen molar-refractivity contribution in [3.05, 3.63) is 48.8 Å². The fraction of sp³-hybridized carbons (Fsp3) is 0.500. The Labute approximate surface area is 161 Å². The second kappa shape index (κ2) is 7.67. The molecule has 5 heteroatoms. The number of hydrogen-bond donors (Lipinski definition) is 0. The number of piperazine rings is 1. The van der Waals surface area contributed by atoms with E-state index < -0.39 is 0 Å². The van der Waals surface area contributed by atoms with E-state index in [4.69, 9.17) is 4.74 Å². The molecule has 1 aromatic heterocycles. The maximum Gasteiger partial charge on any atom is 0.248 e. The van der Waals surface area contributed by atoms with Gasteiger partial charge in [0.25, 0.3) is 0 Å². The first-order chi connectivity index (χ1) is 13.2. The zero-order chi connectivity index (χ0) is 18.7. The molecule has 2 heterocycles. The van der Waals surface area contributed by atoms with Gasteiger partial charge in [-0.1, -0.05) is 25.3 Å². The van der Waals surface area contributed by atoms with Crippen molar-refractivity contribution >= 4 is 11.6 Å². The van der Waals surface area contributed by atoms with Crippen molar-refractivity contribution < 1.29 is 9.53 Å². The highest BCUT2D eigenvalue weighted by Crippen LogP contribution is 2.37. The molecule has 27 heavy (non-hydrogen) atoms. The number of nitrogens with zero attached hydrogens (tertiary/aromatic N) is 3. The van der Waals surface area contributed by atoms with Gasteiger partial charge < -0.3 is 19.1 Å². The first-order valence-corrected chi connectivity index (χ1v) is 10.0. The molecule has 0 unspecified atom stereocenters. The van der Waals surface area contributed by atoms with E-state index in [0.29, 0.717) is 5.91 Å². The molecule has 1 aromatic carbocycles. The number of hydrogen-bond acceptors (Lipinski definition) is 3. The van der Waals surface area contributed by atoms with Crippen LogP contribution in [0.25, 0.3) is 0 Å². The molecule has 5 nitrogen and oxygen atoms in total. The Bertz CT molecular complexity index is 758. The number of carbonyl (C=O) groups is 1. The number of benzene rings is 1. The summed E-state index contributed by atoms with van der Waals surface area (Å²) >= 11 is 0. The van der Waals surface area contributed by atoms with E-state index in [0.717, 1.165) is 57.6 Å². The normalized spacial score (nSPS) is 19.7. The quantitative estimate of drug-likeness (QED) is 0.830. The van der Waals surface area contributed by atoms with E-state index in [1.807, 2.05) is 24.3 Å². The molecule has 0 atom stereocenters. The van der Waals surface area contributed by atoms with E-state index >= 15 is 0 Å². The van der Waals surface area contributed by atoms with Crippen LogP contribution >= 0.6 is 0 Å². The summed E-state index contributed by atoms with van der Waals surface area (Å²) in [5.41, 5.74) is 0.791. The van der Waals surface area contributed by atoms with Crippen molar-refractivity contribution in [3.63, 3.8) is 0 Å². The van der Waals surface area contributed by atoms with Gasteiger partial charge in [0.15, 0.2) is 0 Å². The minimum absolute atomic E-state index is 0.309. The van der Waals surface area contributed by atoms with Crippen LogP contribution in [0.2, 0.25) is 0 Å². The molecule has 1 saturated heterocycles. The predicted octanol–water partition coefficient (Wildman–Crippen LogP) is 3.50. The summed E-state index contributed by atoms with van der Waals surface area (Å²) < 4.78 is 7.51. The molecule has 0 spiro atoms. The summed E-state index contributed by atoms with van der Waals surface area (Å²) in [6, 6.07) is 12.2. The third kappa shape index (κ3) is 3.43. The first-order valence-electron chi connectivity index (χ1n) is 10.0. The number of anilines is 1. The molecule has 1 saturated carbocycles. The fourth-order valence-corrected chi connectivity index (χ4v) is 4.61. The van der Waals surface area contributed by atoms with Crippen LogP contribution in [-0.2, 0) is 10.3 Å². The standard InChI is InChI=1S/C22H29N3O2/c1-27-20-9-7-8-19(18-20)23-14-16-24(17-15-23)21(26)22(10-3-2-4-11-22)25-12-5-6-13-25/h5-9,12-13,18H,2-4,10-11,14-17H2,1H3. The predicted molar refractivity (Wildman–Crippen MR) is 107 cm³/mol. The minimum Gasteiger partial charge on any atom is -0.497 e. The van der Waals surface area contributed by atoms with Gasteiger partial charge in [0.1, 0.15) is 11.3 Å². The summed E-state index contributed by atoms with van der Waals surface area (Å²) in [6.45, 7) is 3.28. The Morgan fingerprint density at radius 1 is 0.963 bits per heavy atom. The summed E-state index contributed by atoms with van der Waals surface area (Å²) in [5, 5.41) is 0. The molecule has 144 valence electrons. The molecular weight excluding hydrogens is 338 g/mol. The molecule has 1 amide bonds. The summed E-state index contributed by atoms with van der Waals surface area (Å²) in [5.74, 6) is 1.18. The van der Waals surface area contributed by atoms with Crippen LogP contribution in [0.5, 0.6) is 5.75 Å². The van der Waals surface area contributed by atoms with Crippen molar-refractivity contribution in [1.82, 2.24) is 9.47 Å². The average Bonchev–Trinajstić information content (AvgIpc) is 3.29. The van der Waals surface area contributed by atoms with Gasteiger partial charge in [-0.3, -0.25) is 4.79 Å². The zero-order valence-corrected chi connectivity index (χ0v) is 16.1. The van der Waals surface area contributed by atoms with E-state index in [1.54, 1.807) is 7.11 Å². The first kappa shape index (κ1) is 18.0. The Kier molecular flexibility index (Phi) is 5.10. The minimum atomic E-state index is -0.375. The third-order valence-electron chi connectivity index (χ3n) is 6.16. The molecule has 4 rings (SSSR count). The molecule has 1 aliphatic heterocycles. The molecule has 0 radical (unpaired) electrons. The van der Waals surface area contributed by atoms with Crippen LogP contribution in [0.4, 0.5) is 5.69 Å². The van der Waals surface area contributed by atoms with Crippen LogP contribution in [0, 0.1) is 0 Å². The second-order valence-corrected chi connectivity index (χ2v) is 7.66. The topological polar surface area (TPSA) is 37.7 Å². The van der Waals surface area contributed by atoms with Gasteiger partial charge in [-0.25, -0.2) is 0 Å². The lowest BCUT2D eigenvalue weighted by Gasteiger charge is -2.44. The van der Waals surface area contributed by atoms with Gasteiger partial charge in [0.05, 0.1) is 7.11 Å². The third-order valence-corrected chi connectivity index (χ3v) is 6.16. The SMILES string of the molecule is COc1cccc(N2CCN(C(=O)C3(n4cccc4)CCCCC3)CC2)c1. The summed E-state index contributed by atoms with van der Waals surface area (Å²) in [7, 11) is 1.70. The van der Waals surface area contributed by atoms with Gasteiger partial charge in [-0.05, 0) is 37.1 Å². The van der Waals surface area contributed by atoms with Crippen molar-refractivity contribution in [2.24, 2.45) is 0 Å². The lowest BCUT2D eigenvalue weighted by Crippen LogP contribution is -2.57.